The van der Waals surface area contributed by atoms with Gasteiger partial charge in [-0.25, -0.2) is 0 Å². The number of phenols is 3. The molecule has 1 unspecified atom stereocenters. The molecule has 18 heteroatoms. The number of rotatable bonds is 8. The number of methoxy groups -OCH3 is 1. The van der Waals surface area contributed by atoms with Gasteiger partial charge in [-0.05, 0) is 64.1 Å². The molecular formula is C40H50O18. The molecule has 0 saturated carbocycles. The second-order valence-electron chi connectivity index (χ2n) is 16.2. The molecule has 0 radical (unpaired) electrons. The van der Waals surface area contributed by atoms with Gasteiger partial charge >= 0.3 is 0 Å². The van der Waals surface area contributed by atoms with E-state index in [2.05, 4.69) is 0 Å². The summed E-state index contributed by atoms with van der Waals surface area (Å²) in [7, 11) is 1.19. The number of benzene rings is 2. The number of ether oxygens (including phenoxy) is 7. The summed E-state index contributed by atoms with van der Waals surface area (Å²) in [6.45, 7) is 7.14. The number of aliphatic hydroxyl groups is 5. The molecule has 3 fully saturated rings. The van der Waals surface area contributed by atoms with E-state index in [9.17, 15) is 50.4 Å². The van der Waals surface area contributed by atoms with Crippen LogP contribution in [0.1, 0.15) is 69.8 Å². The first-order valence-electron chi connectivity index (χ1n) is 19.2. The summed E-state index contributed by atoms with van der Waals surface area (Å²) in [4.78, 5) is 41.7. The zero-order chi connectivity index (χ0) is 42.3. The molecule has 2 aromatic rings. The lowest BCUT2D eigenvalue weighted by Crippen LogP contribution is -2.65. The summed E-state index contributed by atoms with van der Waals surface area (Å²) in [5.74, 6) is -6.85. The number of fused-ring (bicyclic) bond motifs is 3. The number of hydrogen-bond donors (Lipinski definition) is 8. The highest BCUT2D eigenvalue weighted by molar-refractivity contribution is 6.25. The molecule has 3 aliphatic heterocycles. The normalized spacial score (nSPS) is 40.7. The minimum Gasteiger partial charge on any atom is -0.508 e. The lowest BCUT2D eigenvalue weighted by molar-refractivity contribution is -0.337. The van der Waals surface area contributed by atoms with E-state index in [0.29, 0.717) is 0 Å². The SMILES string of the molecule is CO[C@@H]1C(=O)C(C(C)=O)=C(O)[C@@]2(O[C@H]3C[C@@H](O[C@H]4C[C@@H](O[C@H]5C[C@](C)(O)[C@H](O)[C@@H](C)O5)[C@@H](O)[C@@H](C)O4)[C@H](O)[C@@H](C)O3)C(=O)c3c(cc4cc(O)cc(O)c4c3O)CC12. The van der Waals surface area contributed by atoms with Crippen LogP contribution in [0, 0.1) is 5.92 Å². The van der Waals surface area contributed by atoms with Crippen LogP contribution >= 0.6 is 0 Å². The minimum atomic E-state index is -2.59. The van der Waals surface area contributed by atoms with Gasteiger partial charge in [0.05, 0.1) is 47.1 Å². The van der Waals surface area contributed by atoms with Crippen molar-refractivity contribution in [2.24, 2.45) is 5.92 Å². The van der Waals surface area contributed by atoms with E-state index in [0.717, 1.165) is 13.0 Å². The first-order valence-corrected chi connectivity index (χ1v) is 19.2. The topological polar surface area (TPSA) is 278 Å². The Hall–Kier alpha value is -3.79. The standard InChI is InChI=1S/C40H50O18/c1-14(41)28-34(47)35(52-6)21-9-19-7-18-8-20(42)10-22(43)29(18)33(46)30(19)38(50)40(21,37(28)49)58-26-12-24(32(45)16(3)54-26)56-25-11-23(31(44)15(2)53-25)57-27-13-39(5,51)36(48)17(4)55-27/h7-8,10,15-17,21,23-27,31-32,35-36,42-46,48-49,51H,9,11-13H2,1-6H3/t15-,16-,17-,21?,23-,24-,25+,26+,27+,31+,32-,35+,36-,39+,40-/m1/s1. The van der Waals surface area contributed by atoms with Gasteiger partial charge in [0.1, 0.15) is 53.0 Å². The largest absolute Gasteiger partial charge is 0.508 e. The zero-order valence-electron chi connectivity index (χ0n) is 32.7. The van der Waals surface area contributed by atoms with Gasteiger partial charge in [0.2, 0.25) is 5.78 Å². The molecule has 18 nitrogen and oxygen atoms in total. The van der Waals surface area contributed by atoms with E-state index in [4.69, 9.17) is 33.2 Å². The van der Waals surface area contributed by atoms with Crippen LogP contribution in [0.4, 0.5) is 0 Å². The maximum absolute atomic E-state index is 15.0. The number of Topliss-reactive ketones (excluding diaryl/α,β-unsaturated/α-hetero) is 3. The third kappa shape index (κ3) is 6.96. The Morgan fingerprint density at radius 2 is 1.43 bits per heavy atom. The number of phenolic OH excluding ortho intramolecular Hbond substituents is 3. The van der Waals surface area contributed by atoms with Crippen molar-refractivity contribution in [2.45, 2.75) is 145 Å². The predicted molar refractivity (Wildman–Crippen MR) is 196 cm³/mol. The van der Waals surface area contributed by atoms with Crippen LogP contribution in [0.5, 0.6) is 17.2 Å². The summed E-state index contributed by atoms with van der Waals surface area (Å²) in [5, 5.41) is 87.7. The van der Waals surface area contributed by atoms with Crippen molar-refractivity contribution in [1.29, 1.82) is 0 Å². The van der Waals surface area contributed by atoms with Gasteiger partial charge in [-0.3, -0.25) is 14.4 Å². The number of aliphatic hydroxyl groups excluding tert-OH is 4. The van der Waals surface area contributed by atoms with Gasteiger partial charge in [0.15, 0.2) is 36.0 Å². The first kappa shape index (κ1) is 42.3. The number of carbonyl (C=O) groups excluding carboxylic acids is 3. The van der Waals surface area contributed by atoms with Crippen molar-refractivity contribution in [3.63, 3.8) is 0 Å². The lowest BCUT2D eigenvalue weighted by atomic mass is 9.62. The Morgan fingerprint density at radius 3 is 2.03 bits per heavy atom. The van der Waals surface area contributed by atoms with Crippen LogP contribution in [-0.2, 0) is 49.2 Å². The number of carbonyl (C=O) groups is 3. The van der Waals surface area contributed by atoms with Gasteiger partial charge in [0, 0.05) is 38.4 Å². The van der Waals surface area contributed by atoms with E-state index < -0.39 is 131 Å². The molecule has 8 N–H and O–H groups in total. The summed E-state index contributed by atoms with van der Waals surface area (Å²) in [5.41, 5.74) is -5.10. The third-order valence-corrected chi connectivity index (χ3v) is 12.2. The molecule has 3 heterocycles. The van der Waals surface area contributed by atoms with Crippen molar-refractivity contribution < 1.29 is 88.4 Å². The van der Waals surface area contributed by atoms with E-state index in [-0.39, 0.29) is 53.3 Å². The second-order valence-corrected chi connectivity index (χ2v) is 16.2. The Balaban J connectivity index is 1.21. The molecule has 15 atom stereocenters. The Kier molecular flexibility index (Phi) is 11.2. The molecule has 2 aliphatic carbocycles. The number of ketones is 3. The van der Waals surface area contributed by atoms with Crippen LogP contribution in [0.3, 0.4) is 0 Å². The van der Waals surface area contributed by atoms with Crippen molar-refractivity contribution >= 4 is 28.1 Å². The summed E-state index contributed by atoms with van der Waals surface area (Å²) in [6, 6.07) is 3.67. The smallest absolute Gasteiger partial charge is 0.207 e. The van der Waals surface area contributed by atoms with Crippen LogP contribution in [0.25, 0.3) is 10.8 Å². The van der Waals surface area contributed by atoms with Gasteiger partial charge < -0.3 is 74.0 Å². The fourth-order valence-corrected chi connectivity index (χ4v) is 9.18. The highest BCUT2D eigenvalue weighted by Gasteiger charge is 2.65. The maximum Gasteiger partial charge on any atom is 0.207 e. The lowest BCUT2D eigenvalue weighted by Gasteiger charge is -2.50. The summed E-state index contributed by atoms with van der Waals surface area (Å²) in [6.07, 6.45) is -14.2. The highest BCUT2D eigenvalue weighted by Crippen LogP contribution is 2.52. The summed E-state index contributed by atoms with van der Waals surface area (Å²) >= 11 is 0. The van der Waals surface area contributed by atoms with Gasteiger partial charge in [0.25, 0.3) is 0 Å². The molecule has 7 rings (SSSR count). The van der Waals surface area contributed by atoms with Gasteiger partial charge in [-0.1, -0.05) is 0 Å². The van der Waals surface area contributed by atoms with Crippen LogP contribution in [0.2, 0.25) is 0 Å². The van der Waals surface area contributed by atoms with Crippen molar-refractivity contribution in [3.05, 3.63) is 40.7 Å². The highest BCUT2D eigenvalue weighted by atomic mass is 16.7. The molecule has 0 aromatic heterocycles. The van der Waals surface area contributed by atoms with E-state index in [1.54, 1.807) is 13.8 Å². The fourth-order valence-electron chi connectivity index (χ4n) is 9.18. The Bertz CT molecular complexity index is 2010. The van der Waals surface area contributed by atoms with Crippen molar-refractivity contribution in [2.75, 3.05) is 7.11 Å². The molecule has 0 amide bonds. The molecular weight excluding hydrogens is 768 g/mol. The van der Waals surface area contributed by atoms with Crippen LogP contribution in [-0.4, -0.2) is 150 Å². The fraction of sp³-hybridized carbons (Fsp3) is 0.625. The maximum atomic E-state index is 15.0. The van der Waals surface area contributed by atoms with Crippen LogP contribution in [0.15, 0.2) is 29.5 Å². The first-order chi connectivity index (χ1) is 27.2. The monoisotopic (exact) mass is 818 g/mol. The molecule has 0 spiro atoms. The minimum absolute atomic E-state index is 0.0727. The van der Waals surface area contributed by atoms with Crippen LogP contribution < -0.4 is 0 Å². The number of hydrogen-bond acceptors (Lipinski definition) is 18. The van der Waals surface area contributed by atoms with Crippen molar-refractivity contribution in [1.82, 2.24) is 0 Å². The van der Waals surface area contributed by atoms with Gasteiger partial charge in [-0.15, -0.1) is 0 Å². The van der Waals surface area contributed by atoms with Gasteiger partial charge in [-0.2, -0.15) is 0 Å². The molecule has 5 aliphatic rings. The predicted octanol–water partition coefficient (Wildman–Crippen LogP) is 1.07. The Morgan fingerprint density at radius 1 is 0.845 bits per heavy atom. The van der Waals surface area contributed by atoms with E-state index in [1.165, 1.54) is 33.1 Å². The summed E-state index contributed by atoms with van der Waals surface area (Å²) < 4.78 is 42.1. The average molecular weight is 819 g/mol. The third-order valence-electron chi connectivity index (χ3n) is 12.2. The van der Waals surface area contributed by atoms with Crippen molar-refractivity contribution in [3.8, 4) is 17.2 Å². The zero-order valence-corrected chi connectivity index (χ0v) is 32.7. The Labute approximate surface area is 332 Å². The number of aromatic hydroxyl groups is 3. The molecule has 318 valence electrons. The molecule has 58 heavy (non-hydrogen) atoms. The molecule has 0 bridgehead atoms. The van der Waals surface area contributed by atoms with E-state index in [1.807, 2.05) is 0 Å². The average Bonchev–Trinajstić information content (AvgIpc) is 3.12. The van der Waals surface area contributed by atoms with E-state index >= 15 is 4.79 Å². The quantitative estimate of drug-likeness (QED) is 0.173. The molecule has 3 saturated heterocycles. The molecule has 2 aromatic carbocycles. The second kappa shape index (κ2) is 15.3.